The number of nitrogens with zero attached hydrogens (tertiary/aromatic N) is 2. The molecule has 7 nitrogen and oxygen atoms in total. The number of hydrogen-bond donors (Lipinski definition) is 1. The van der Waals surface area contributed by atoms with Crippen molar-refractivity contribution in [2.75, 3.05) is 29.9 Å². The minimum absolute atomic E-state index is 0.117. The van der Waals surface area contributed by atoms with Crippen LogP contribution in [0.1, 0.15) is 25.7 Å². The monoisotopic (exact) mass is 461 g/mol. The maximum absolute atomic E-state index is 12.8. The predicted octanol–water partition coefficient (Wildman–Crippen LogP) is 3.51. The first kappa shape index (κ1) is 21.8. The van der Waals surface area contributed by atoms with Crippen LogP contribution < -0.4 is 10.2 Å². The molecule has 9 heteroatoms. The summed E-state index contributed by atoms with van der Waals surface area (Å²) in [4.78, 5) is 26.5. The summed E-state index contributed by atoms with van der Waals surface area (Å²) in [6, 6.07) is 13.4. The molecular weight excluding hydrogens is 438 g/mol. The maximum Gasteiger partial charge on any atom is 0.243 e. The number of sulfonamides is 1. The number of halogens is 1. The molecular formula is C22H24ClN3O4S. The van der Waals surface area contributed by atoms with E-state index in [0.29, 0.717) is 43.1 Å². The van der Waals surface area contributed by atoms with Crippen molar-refractivity contribution in [3.63, 3.8) is 0 Å². The van der Waals surface area contributed by atoms with E-state index in [4.69, 9.17) is 11.6 Å². The van der Waals surface area contributed by atoms with Gasteiger partial charge in [0.2, 0.25) is 21.8 Å². The Balaban J connectivity index is 1.33. The van der Waals surface area contributed by atoms with Crippen LogP contribution in [-0.4, -0.2) is 44.2 Å². The molecule has 0 saturated carbocycles. The summed E-state index contributed by atoms with van der Waals surface area (Å²) >= 11 is 5.85. The minimum Gasteiger partial charge on any atom is -0.326 e. The second-order valence-corrected chi connectivity index (χ2v) is 10.2. The number of nitrogens with one attached hydrogen (secondary N) is 1. The van der Waals surface area contributed by atoms with Crippen molar-refractivity contribution >= 4 is 44.8 Å². The number of benzene rings is 2. The van der Waals surface area contributed by atoms with Gasteiger partial charge in [-0.3, -0.25) is 9.59 Å². The van der Waals surface area contributed by atoms with Crippen molar-refractivity contribution in [3.05, 3.63) is 53.6 Å². The van der Waals surface area contributed by atoms with Gasteiger partial charge in [-0.05, 0) is 67.8 Å². The van der Waals surface area contributed by atoms with E-state index < -0.39 is 10.0 Å². The van der Waals surface area contributed by atoms with Gasteiger partial charge in [-0.2, -0.15) is 4.31 Å². The van der Waals surface area contributed by atoms with Gasteiger partial charge in [0.25, 0.3) is 0 Å². The Hall–Kier alpha value is -2.42. The molecule has 0 bridgehead atoms. The summed E-state index contributed by atoms with van der Waals surface area (Å²) in [5, 5.41) is 3.39. The molecule has 31 heavy (non-hydrogen) atoms. The topological polar surface area (TPSA) is 86.8 Å². The lowest BCUT2D eigenvalue weighted by molar-refractivity contribution is -0.121. The highest BCUT2D eigenvalue weighted by molar-refractivity contribution is 7.89. The van der Waals surface area contributed by atoms with Crippen LogP contribution in [0.2, 0.25) is 5.02 Å². The van der Waals surface area contributed by atoms with Gasteiger partial charge in [0.05, 0.1) is 4.90 Å². The molecule has 0 spiro atoms. The number of carbonyl (C=O) groups excluding carboxylic acids is 2. The van der Waals surface area contributed by atoms with Gasteiger partial charge in [-0.1, -0.05) is 11.6 Å². The number of piperidine rings is 1. The molecule has 2 saturated heterocycles. The number of amides is 2. The quantitative estimate of drug-likeness (QED) is 0.738. The molecule has 0 radical (unpaired) electrons. The molecule has 0 unspecified atom stereocenters. The molecule has 2 amide bonds. The zero-order chi connectivity index (χ0) is 22.0. The molecule has 2 aromatic carbocycles. The first-order chi connectivity index (χ1) is 14.8. The molecule has 2 aromatic rings. The molecule has 4 rings (SSSR count). The summed E-state index contributed by atoms with van der Waals surface area (Å²) < 4.78 is 27.0. The van der Waals surface area contributed by atoms with Crippen molar-refractivity contribution in [3.8, 4) is 0 Å². The molecule has 0 atom stereocenters. The van der Waals surface area contributed by atoms with Crippen molar-refractivity contribution in [2.24, 2.45) is 5.92 Å². The SMILES string of the molecule is O=C(Nc1ccc(N2CCCC2=O)cc1)C1CCN(S(=O)(=O)c2ccc(Cl)cc2)CC1. The van der Waals surface area contributed by atoms with Gasteiger partial charge in [0.15, 0.2) is 0 Å². The van der Waals surface area contributed by atoms with Crippen LogP contribution in [0.3, 0.4) is 0 Å². The zero-order valence-electron chi connectivity index (χ0n) is 17.0. The molecule has 0 aromatic heterocycles. The lowest BCUT2D eigenvalue weighted by atomic mass is 9.97. The minimum atomic E-state index is -3.59. The molecule has 2 fully saturated rings. The van der Waals surface area contributed by atoms with Crippen molar-refractivity contribution in [1.82, 2.24) is 4.31 Å². The number of carbonyl (C=O) groups is 2. The lowest BCUT2D eigenvalue weighted by Gasteiger charge is -2.30. The van der Waals surface area contributed by atoms with E-state index in [1.54, 1.807) is 29.2 Å². The average molecular weight is 462 g/mol. The third-order valence-corrected chi connectivity index (χ3v) is 7.96. The van der Waals surface area contributed by atoms with Crippen molar-refractivity contribution < 1.29 is 18.0 Å². The highest BCUT2D eigenvalue weighted by atomic mass is 35.5. The summed E-state index contributed by atoms with van der Waals surface area (Å²) in [5.41, 5.74) is 1.50. The molecule has 2 heterocycles. The molecule has 164 valence electrons. The Kier molecular flexibility index (Phi) is 6.31. The highest BCUT2D eigenvalue weighted by Crippen LogP contribution is 2.27. The maximum atomic E-state index is 12.8. The fraction of sp³-hybridized carbons (Fsp3) is 0.364. The summed E-state index contributed by atoms with van der Waals surface area (Å²) in [6.45, 7) is 1.31. The summed E-state index contributed by atoms with van der Waals surface area (Å²) in [7, 11) is -3.59. The van der Waals surface area contributed by atoms with E-state index in [1.165, 1.54) is 16.4 Å². The summed E-state index contributed by atoms with van der Waals surface area (Å²) in [6.07, 6.45) is 2.35. The number of rotatable bonds is 5. The Labute approximate surface area is 187 Å². The third-order valence-electron chi connectivity index (χ3n) is 5.80. The molecule has 1 N–H and O–H groups in total. The van der Waals surface area contributed by atoms with E-state index in [2.05, 4.69) is 5.32 Å². The van der Waals surface area contributed by atoms with E-state index >= 15 is 0 Å². The summed E-state index contributed by atoms with van der Waals surface area (Å²) in [5.74, 6) is -0.248. The molecule has 0 aliphatic carbocycles. The van der Waals surface area contributed by atoms with Crippen molar-refractivity contribution in [1.29, 1.82) is 0 Å². The van der Waals surface area contributed by atoms with Crippen LogP contribution >= 0.6 is 11.6 Å². The standard InChI is InChI=1S/C22H24ClN3O4S/c23-17-3-9-20(10-4-17)31(29,30)25-14-11-16(12-15-25)22(28)24-18-5-7-19(8-6-18)26-13-1-2-21(26)27/h3-10,16H,1-2,11-15H2,(H,24,28). The van der Waals surface area contributed by atoms with Gasteiger partial charge in [-0.15, -0.1) is 0 Å². The lowest BCUT2D eigenvalue weighted by Crippen LogP contribution is -2.41. The van der Waals surface area contributed by atoms with Crippen LogP contribution in [0.4, 0.5) is 11.4 Å². The predicted molar refractivity (Wildman–Crippen MR) is 120 cm³/mol. The van der Waals surface area contributed by atoms with E-state index in [1.807, 2.05) is 12.1 Å². The Morgan fingerprint density at radius 2 is 1.61 bits per heavy atom. The Bertz CT molecular complexity index is 1060. The normalized spacial score (nSPS) is 18.4. The van der Waals surface area contributed by atoms with Crippen LogP contribution in [0.25, 0.3) is 0 Å². The number of anilines is 2. The zero-order valence-corrected chi connectivity index (χ0v) is 18.5. The van der Waals surface area contributed by atoms with E-state index in [0.717, 1.165) is 18.7 Å². The molecule has 2 aliphatic rings. The van der Waals surface area contributed by atoms with E-state index in [9.17, 15) is 18.0 Å². The van der Waals surface area contributed by atoms with Crippen LogP contribution in [0, 0.1) is 5.92 Å². The van der Waals surface area contributed by atoms with Crippen LogP contribution in [-0.2, 0) is 19.6 Å². The fourth-order valence-corrected chi connectivity index (χ4v) is 5.60. The van der Waals surface area contributed by atoms with Gasteiger partial charge in [0.1, 0.15) is 0 Å². The first-order valence-electron chi connectivity index (χ1n) is 10.3. The second-order valence-electron chi connectivity index (χ2n) is 7.82. The number of hydrogen-bond acceptors (Lipinski definition) is 4. The van der Waals surface area contributed by atoms with Crippen LogP contribution in [0.5, 0.6) is 0 Å². The third kappa shape index (κ3) is 4.76. The molecule has 2 aliphatic heterocycles. The highest BCUT2D eigenvalue weighted by Gasteiger charge is 2.32. The Morgan fingerprint density at radius 3 is 2.19 bits per heavy atom. The first-order valence-corrected chi connectivity index (χ1v) is 12.1. The Morgan fingerprint density at radius 1 is 0.968 bits per heavy atom. The van der Waals surface area contributed by atoms with Crippen molar-refractivity contribution in [2.45, 2.75) is 30.6 Å². The van der Waals surface area contributed by atoms with Gasteiger partial charge >= 0.3 is 0 Å². The average Bonchev–Trinajstić information content (AvgIpc) is 3.20. The van der Waals surface area contributed by atoms with Gasteiger partial charge in [0, 0.05) is 48.4 Å². The smallest absolute Gasteiger partial charge is 0.243 e. The fourth-order valence-electron chi connectivity index (χ4n) is 4.00. The van der Waals surface area contributed by atoms with Gasteiger partial charge < -0.3 is 10.2 Å². The van der Waals surface area contributed by atoms with E-state index in [-0.39, 0.29) is 22.6 Å². The van der Waals surface area contributed by atoms with Crippen LogP contribution in [0.15, 0.2) is 53.4 Å². The second kappa shape index (κ2) is 8.98. The van der Waals surface area contributed by atoms with Gasteiger partial charge in [-0.25, -0.2) is 8.42 Å². The largest absolute Gasteiger partial charge is 0.326 e.